The second-order valence-electron chi connectivity index (χ2n) is 9.03. The fraction of sp³-hybridized carbons (Fsp3) is 0.500. The van der Waals surface area contributed by atoms with Crippen LogP contribution in [0.5, 0.6) is 0 Å². The lowest BCUT2D eigenvalue weighted by Gasteiger charge is -2.26. The third kappa shape index (κ3) is 4.73. The summed E-state index contributed by atoms with van der Waals surface area (Å²) in [4.78, 5) is 30.3. The summed E-state index contributed by atoms with van der Waals surface area (Å²) in [6.07, 6.45) is 5.02. The Labute approximate surface area is 186 Å². The molecule has 0 radical (unpaired) electrons. The van der Waals surface area contributed by atoms with E-state index in [9.17, 15) is 18.0 Å². The third-order valence-corrected chi connectivity index (χ3v) is 8.74. The first kappa shape index (κ1) is 22.1. The number of Topliss-reactive ketones (excluding diaryl/α,β-unsaturated/α-hetero) is 1. The molecule has 0 bridgehead atoms. The van der Waals surface area contributed by atoms with Crippen LogP contribution in [0, 0.1) is 5.41 Å². The highest BCUT2D eigenvalue weighted by molar-refractivity contribution is 7.89. The molecule has 166 valence electrons. The first-order valence-electron chi connectivity index (χ1n) is 10.6. The van der Waals surface area contributed by atoms with Crippen molar-refractivity contribution in [2.45, 2.75) is 57.3 Å². The molecular formula is C22H27N3O4S2. The topological polar surface area (TPSA) is 96.4 Å². The van der Waals surface area contributed by atoms with E-state index in [1.54, 1.807) is 0 Å². The molecule has 31 heavy (non-hydrogen) atoms. The summed E-state index contributed by atoms with van der Waals surface area (Å²) in [6.45, 7) is 5.14. The molecule has 0 saturated carbocycles. The molecule has 1 aliphatic heterocycles. The standard InChI is InChI=1S/C22H27N3O4S2/c1-22(2)13-17-19(18(26)14-22)30-21(23-17)24-20(27)15-7-9-16(10-8-15)31(28,29)25-11-5-3-4-6-12-25/h7-10H,3-6,11-14H2,1-2H3,(H,23,24,27). The molecule has 7 nitrogen and oxygen atoms in total. The highest BCUT2D eigenvalue weighted by Gasteiger charge is 2.34. The number of carbonyl (C=O) groups is 2. The summed E-state index contributed by atoms with van der Waals surface area (Å²) < 4.78 is 27.3. The normalized spacial score (nSPS) is 19.5. The number of nitrogens with zero attached hydrogens (tertiary/aromatic N) is 2. The van der Waals surface area contributed by atoms with Crippen molar-refractivity contribution in [2.24, 2.45) is 5.41 Å². The van der Waals surface area contributed by atoms with Crippen LogP contribution >= 0.6 is 11.3 Å². The second kappa shape index (κ2) is 8.44. The van der Waals surface area contributed by atoms with Crippen molar-refractivity contribution >= 4 is 38.2 Å². The Kier molecular flexibility index (Phi) is 6.02. The average Bonchev–Trinajstić information content (AvgIpc) is 2.91. The van der Waals surface area contributed by atoms with Gasteiger partial charge in [0.15, 0.2) is 10.9 Å². The summed E-state index contributed by atoms with van der Waals surface area (Å²) >= 11 is 1.20. The molecule has 1 N–H and O–H groups in total. The van der Waals surface area contributed by atoms with E-state index in [2.05, 4.69) is 10.3 Å². The van der Waals surface area contributed by atoms with Gasteiger partial charge in [0.25, 0.3) is 5.91 Å². The number of ketones is 1. The third-order valence-electron chi connectivity index (χ3n) is 5.78. The minimum absolute atomic E-state index is 0.0623. The molecule has 2 aromatic rings. The summed E-state index contributed by atoms with van der Waals surface area (Å²) in [7, 11) is -3.55. The van der Waals surface area contributed by atoms with Gasteiger partial charge < -0.3 is 0 Å². The van der Waals surface area contributed by atoms with Crippen molar-refractivity contribution in [3.63, 3.8) is 0 Å². The first-order valence-corrected chi connectivity index (χ1v) is 12.9. The zero-order valence-corrected chi connectivity index (χ0v) is 19.4. The van der Waals surface area contributed by atoms with Crippen molar-refractivity contribution in [3.8, 4) is 0 Å². The van der Waals surface area contributed by atoms with Gasteiger partial charge in [-0.1, -0.05) is 38.0 Å². The predicted molar refractivity (Wildman–Crippen MR) is 120 cm³/mol. The van der Waals surface area contributed by atoms with E-state index < -0.39 is 10.0 Å². The van der Waals surface area contributed by atoms with Crippen LogP contribution in [0.2, 0.25) is 0 Å². The maximum absolute atomic E-state index is 12.9. The summed E-state index contributed by atoms with van der Waals surface area (Å²) in [5.41, 5.74) is 0.948. The predicted octanol–water partition coefficient (Wildman–Crippen LogP) is 4.12. The first-order chi connectivity index (χ1) is 14.7. The van der Waals surface area contributed by atoms with Gasteiger partial charge in [0, 0.05) is 25.1 Å². The number of hydrogen-bond acceptors (Lipinski definition) is 6. The van der Waals surface area contributed by atoms with E-state index in [4.69, 9.17) is 0 Å². The van der Waals surface area contributed by atoms with Gasteiger partial charge in [0.05, 0.1) is 15.5 Å². The SMILES string of the molecule is CC1(C)CC(=O)c2sc(NC(=O)c3ccc(S(=O)(=O)N4CCCCCC4)cc3)nc2C1. The van der Waals surface area contributed by atoms with Crippen LogP contribution < -0.4 is 5.32 Å². The average molecular weight is 462 g/mol. The van der Waals surface area contributed by atoms with Gasteiger partial charge in [0.1, 0.15) is 0 Å². The van der Waals surface area contributed by atoms with Gasteiger partial charge in [0.2, 0.25) is 10.0 Å². The summed E-state index contributed by atoms with van der Waals surface area (Å²) in [5.74, 6) is -0.316. The fourth-order valence-electron chi connectivity index (χ4n) is 4.15. The smallest absolute Gasteiger partial charge is 0.257 e. The molecule has 0 spiro atoms. The van der Waals surface area contributed by atoms with Crippen LogP contribution in [-0.4, -0.2) is 42.5 Å². The number of carbonyl (C=O) groups excluding carboxylic acids is 2. The van der Waals surface area contributed by atoms with Crippen LogP contribution in [0.15, 0.2) is 29.2 Å². The Bertz CT molecular complexity index is 1100. The molecule has 1 fully saturated rings. The number of rotatable bonds is 4. The lowest BCUT2D eigenvalue weighted by Crippen LogP contribution is -2.31. The number of fused-ring (bicyclic) bond motifs is 1. The molecule has 1 aromatic carbocycles. The monoisotopic (exact) mass is 461 g/mol. The highest BCUT2D eigenvalue weighted by Crippen LogP contribution is 2.38. The quantitative estimate of drug-likeness (QED) is 0.739. The number of hydrogen-bond donors (Lipinski definition) is 1. The zero-order valence-electron chi connectivity index (χ0n) is 17.8. The number of aromatic nitrogens is 1. The van der Waals surface area contributed by atoms with E-state index in [0.29, 0.717) is 41.5 Å². The molecule has 4 rings (SSSR count). The maximum atomic E-state index is 12.9. The van der Waals surface area contributed by atoms with Gasteiger partial charge in [-0.25, -0.2) is 13.4 Å². The van der Waals surface area contributed by atoms with Gasteiger partial charge in [-0.2, -0.15) is 4.31 Å². The van der Waals surface area contributed by atoms with E-state index >= 15 is 0 Å². The second-order valence-corrected chi connectivity index (χ2v) is 12.0. The van der Waals surface area contributed by atoms with Crippen LogP contribution in [-0.2, 0) is 16.4 Å². The van der Waals surface area contributed by atoms with E-state index in [0.717, 1.165) is 31.4 Å². The summed E-state index contributed by atoms with van der Waals surface area (Å²) in [5, 5.41) is 3.14. The number of benzene rings is 1. The number of sulfonamides is 1. The van der Waals surface area contributed by atoms with Gasteiger partial charge in [-0.15, -0.1) is 0 Å². The van der Waals surface area contributed by atoms with Crippen molar-refractivity contribution in [1.29, 1.82) is 0 Å². The molecule has 1 amide bonds. The van der Waals surface area contributed by atoms with E-state index in [-0.39, 0.29) is 22.0 Å². The number of amides is 1. The number of anilines is 1. The molecule has 1 aromatic heterocycles. The highest BCUT2D eigenvalue weighted by atomic mass is 32.2. The molecule has 9 heteroatoms. The van der Waals surface area contributed by atoms with E-state index in [1.165, 1.54) is 39.9 Å². The Morgan fingerprint density at radius 2 is 1.71 bits per heavy atom. The summed E-state index contributed by atoms with van der Waals surface area (Å²) in [6, 6.07) is 5.99. The molecule has 0 unspecified atom stereocenters. The van der Waals surface area contributed by atoms with Gasteiger partial charge in [-0.05, 0) is 48.9 Å². The maximum Gasteiger partial charge on any atom is 0.257 e. The van der Waals surface area contributed by atoms with Crippen LogP contribution in [0.1, 0.15) is 71.7 Å². The molecule has 1 aliphatic carbocycles. The van der Waals surface area contributed by atoms with Crippen LogP contribution in [0.4, 0.5) is 5.13 Å². The molecule has 0 atom stereocenters. The molecule has 2 aliphatic rings. The van der Waals surface area contributed by atoms with Gasteiger partial charge >= 0.3 is 0 Å². The van der Waals surface area contributed by atoms with E-state index in [1.807, 2.05) is 13.8 Å². The minimum atomic E-state index is -3.55. The number of nitrogens with one attached hydrogen (secondary N) is 1. The largest absolute Gasteiger partial charge is 0.298 e. The molecule has 1 saturated heterocycles. The Hall–Kier alpha value is -2.10. The lowest BCUT2D eigenvalue weighted by molar-refractivity contribution is 0.0915. The van der Waals surface area contributed by atoms with Crippen molar-refractivity contribution in [3.05, 3.63) is 40.4 Å². The van der Waals surface area contributed by atoms with Crippen LogP contribution in [0.3, 0.4) is 0 Å². The number of thiazole rings is 1. The lowest BCUT2D eigenvalue weighted by atomic mass is 9.78. The Morgan fingerprint density at radius 1 is 1.06 bits per heavy atom. The van der Waals surface area contributed by atoms with Crippen molar-refractivity contribution < 1.29 is 18.0 Å². The molecular weight excluding hydrogens is 434 g/mol. The van der Waals surface area contributed by atoms with Gasteiger partial charge in [-0.3, -0.25) is 14.9 Å². The van der Waals surface area contributed by atoms with Crippen LogP contribution in [0.25, 0.3) is 0 Å². The Balaban J connectivity index is 1.47. The molecule has 2 heterocycles. The van der Waals surface area contributed by atoms with Crippen molar-refractivity contribution in [2.75, 3.05) is 18.4 Å². The zero-order chi connectivity index (χ0) is 22.2. The van der Waals surface area contributed by atoms with Crippen molar-refractivity contribution in [1.82, 2.24) is 9.29 Å². The fourth-order valence-corrected chi connectivity index (χ4v) is 6.58. The minimum Gasteiger partial charge on any atom is -0.298 e. The Morgan fingerprint density at radius 3 is 2.35 bits per heavy atom.